The molecule has 4 aromatic rings. The summed E-state index contributed by atoms with van der Waals surface area (Å²) in [6.45, 7) is 0. The Morgan fingerprint density at radius 3 is 2.62 bits per heavy atom. The van der Waals surface area contributed by atoms with Crippen LogP contribution in [-0.2, 0) is 0 Å². The van der Waals surface area contributed by atoms with E-state index in [1.165, 1.54) is 0 Å². The molecule has 5 heteroatoms. The quantitative estimate of drug-likeness (QED) is 0.524. The zero-order valence-corrected chi connectivity index (χ0v) is 13.6. The van der Waals surface area contributed by atoms with Crippen molar-refractivity contribution in [2.24, 2.45) is 4.99 Å². The summed E-state index contributed by atoms with van der Waals surface area (Å²) in [7, 11) is 0. The van der Waals surface area contributed by atoms with Gasteiger partial charge < -0.3 is 5.32 Å². The normalized spacial score (nSPS) is 11.2. The molecular formula is C19H14N4S. The van der Waals surface area contributed by atoms with Crippen LogP contribution < -0.4 is 5.32 Å². The summed E-state index contributed by atoms with van der Waals surface area (Å²) in [4.78, 5) is 13.5. The Bertz CT molecular complexity index is 959. The van der Waals surface area contributed by atoms with Crippen molar-refractivity contribution in [2.75, 3.05) is 5.32 Å². The van der Waals surface area contributed by atoms with E-state index in [9.17, 15) is 0 Å². The SMILES string of the molecule is C(=Nc1cccnc1Nc1ccccc1)c1nc2ccccc2s1. The van der Waals surface area contributed by atoms with Gasteiger partial charge in [0.15, 0.2) is 5.82 Å². The maximum atomic E-state index is 4.57. The summed E-state index contributed by atoms with van der Waals surface area (Å²) in [5.74, 6) is 0.723. The minimum absolute atomic E-state index is 0.723. The molecule has 0 unspecified atom stereocenters. The van der Waals surface area contributed by atoms with Crippen LogP contribution in [0.25, 0.3) is 10.2 Å². The largest absolute Gasteiger partial charge is 0.338 e. The fourth-order valence-corrected chi connectivity index (χ4v) is 3.17. The molecule has 0 saturated heterocycles. The van der Waals surface area contributed by atoms with Gasteiger partial charge >= 0.3 is 0 Å². The van der Waals surface area contributed by atoms with Crippen LogP contribution in [0.5, 0.6) is 0 Å². The minimum atomic E-state index is 0.723. The lowest BCUT2D eigenvalue weighted by atomic mass is 10.3. The summed E-state index contributed by atoms with van der Waals surface area (Å²) in [6.07, 6.45) is 3.54. The van der Waals surface area contributed by atoms with Crippen LogP contribution >= 0.6 is 11.3 Å². The maximum Gasteiger partial charge on any atom is 0.156 e. The third kappa shape index (κ3) is 3.16. The Balaban J connectivity index is 1.62. The number of hydrogen-bond donors (Lipinski definition) is 1. The standard InChI is InChI=1S/C19H14N4S/c1-2-7-14(8-3-1)22-19-16(10-6-12-20-19)21-13-18-23-15-9-4-5-11-17(15)24-18/h1-13H,(H,20,22). The Morgan fingerprint density at radius 2 is 1.75 bits per heavy atom. The van der Waals surface area contributed by atoms with Crippen molar-refractivity contribution in [3.8, 4) is 0 Å². The summed E-state index contributed by atoms with van der Waals surface area (Å²) >= 11 is 1.63. The van der Waals surface area contributed by atoms with E-state index in [-0.39, 0.29) is 0 Å². The number of pyridine rings is 1. The van der Waals surface area contributed by atoms with Crippen LogP contribution in [0.15, 0.2) is 77.9 Å². The van der Waals surface area contributed by atoms with Crippen LogP contribution in [0.2, 0.25) is 0 Å². The average molecular weight is 330 g/mol. The van der Waals surface area contributed by atoms with Gasteiger partial charge in [-0.3, -0.25) is 0 Å². The predicted molar refractivity (Wildman–Crippen MR) is 101 cm³/mol. The second kappa shape index (κ2) is 6.60. The highest BCUT2D eigenvalue weighted by Crippen LogP contribution is 2.26. The number of nitrogens with one attached hydrogen (secondary N) is 1. The molecule has 0 radical (unpaired) electrons. The number of fused-ring (bicyclic) bond motifs is 1. The molecule has 0 saturated carbocycles. The molecule has 0 aliphatic rings. The number of hydrogen-bond acceptors (Lipinski definition) is 5. The van der Waals surface area contributed by atoms with E-state index in [1.54, 1.807) is 23.7 Å². The molecule has 2 aromatic heterocycles. The minimum Gasteiger partial charge on any atom is -0.338 e. The van der Waals surface area contributed by atoms with E-state index in [1.807, 2.05) is 60.7 Å². The molecule has 0 bridgehead atoms. The topological polar surface area (TPSA) is 50.2 Å². The lowest BCUT2D eigenvalue weighted by Crippen LogP contribution is -1.93. The van der Waals surface area contributed by atoms with Crippen LogP contribution in [0.3, 0.4) is 0 Å². The Hall–Kier alpha value is -3.05. The Kier molecular flexibility index (Phi) is 4.00. The Morgan fingerprint density at radius 1 is 0.917 bits per heavy atom. The second-order valence-electron chi connectivity index (χ2n) is 5.14. The van der Waals surface area contributed by atoms with Crippen molar-refractivity contribution >= 4 is 45.0 Å². The highest BCUT2D eigenvalue weighted by atomic mass is 32.1. The van der Waals surface area contributed by atoms with E-state index >= 15 is 0 Å². The first-order valence-electron chi connectivity index (χ1n) is 7.55. The van der Waals surface area contributed by atoms with Gasteiger partial charge in [-0.1, -0.05) is 30.3 Å². The first-order valence-corrected chi connectivity index (χ1v) is 8.37. The van der Waals surface area contributed by atoms with E-state index in [2.05, 4.69) is 26.3 Å². The van der Waals surface area contributed by atoms with Gasteiger partial charge in [-0.05, 0) is 36.4 Å². The van der Waals surface area contributed by atoms with Crippen LogP contribution in [0.4, 0.5) is 17.2 Å². The number of aliphatic imine (C=N–C) groups is 1. The predicted octanol–water partition coefficient (Wildman–Crippen LogP) is 5.19. The van der Waals surface area contributed by atoms with Crippen LogP contribution in [0, 0.1) is 0 Å². The van der Waals surface area contributed by atoms with Gasteiger partial charge in [-0.15, -0.1) is 11.3 Å². The van der Waals surface area contributed by atoms with Crippen molar-refractivity contribution in [1.29, 1.82) is 0 Å². The van der Waals surface area contributed by atoms with Crippen molar-refractivity contribution in [3.63, 3.8) is 0 Å². The average Bonchev–Trinajstić information content (AvgIpc) is 3.05. The molecule has 2 aromatic carbocycles. The fraction of sp³-hybridized carbons (Fsp3) is 0. The smallest absolute Gasteiger partial charge is 0.156 e. The summed E-state index contributed by atoms with van der Waals surface area (Å²) in [6, 6.07) is 21.8. The van der Waals surface area contributed by atoms with E-state index in [0.29, 0.717) is 0 Å². The molecule has 4 rings (SSSR count). The molecule has 4 nitrogen and oxygen atoms in total. The van der Waals surface area contributed by atoms with E-state index < -0.39 is 0 Å². The van der Waals surface area contributed by atoms with Gasteiger partial charge in [0.25, 0.3) is 0 Å². The number of benzene rings is 2. The Labute approximate surface area is 143 Å². The van der Waals surface area contributed by atoms with Gasteiger partial charge in [-0.2, -0.15) is 0 Å². The van der Waals surface area contributed by atoms with Crippen molar-refractivity contribution in [3.05, 3.63) is 77.9 Å². The molecular weight excluding hydrogens is 316 g/mol. The lowest BCUT2D eigenvalue weighted by Gasteiger charge is -2.07. The number of anilines is 2. The maximum absolute atomic E-state index is 4.57. The zero-order valence-electron chi connectivity index (χ0n) is 12.8. The second-order valence-corrected chi connectivity index (χ2v) is 6.20. The van der Waals surface area contributed by atoms with Gasteiger partial charge in [0, 0.05) is 11.9 Å². The van der Waals surface area contributed by atoms with Gasteiger partial charge in [0.1, 0.15) is 10.7 Å². The first-order chi connectivity index (χ1) is 11.9. The van der Waals surface area contributed by atoms with Crippen molar-refractivity contribution in [1.82, 2.24) is 9.97 Å². The lowest BCUT2D eigenvalue weighted by molar-refractivity contribution is 1.29. The number of nitrogens with zero attached hydrogens (tertiary/aromatic N) is 3. The molecule has 1 N–H and O–H groups in total. The first kappa shape index (κ1) is 14.5. The van der Waals surface area contributed by atoms with E-state index in [0.717, 1.165) is 32.4 Å². The molecule has 0 aliphatic heterocycles. The highest BCUT2D eigenvalue weighted by molar-refractivity contribution is 7.20. The molecule has 0 atom stereocenters. The van der Waals surface area contributed by atoms with Crippen LogP contribution in [0.1, 0.15) is 5.01 Å². The van der Waals surface area contributed by atoms with Crippen molar-refractivity contribution < 1.29 is 0 Å². The third-order valence-electron chi connectivity index (χ3n) is 3.45. The molecule has 0 spiro atoms. The van der Waals surface area contributed by atoms with Gasteiger partial charge in [-0.25, -0.2) is 15.0 Å². The van der Waals surface area contributed by atoms with Gasteiger partial charge in [0.2, 0.25) is 0 Å². The number of thiazole rings is 1. The fourth-order valence-electron chi connectivity index (χ4n) is 2.33. The van der Waals surface area contributed by atoms with Crippen LogP contribution in [-0.4, -0.2) is 16.2 Å². The summed E-state index contributed by atoms with van der Waals surface area (Å²) in [5.41, 5.74) is 2.76. The molecule has 24 heavy (non-hydrogen) atoms. The third-order valence-corrected chi connectivity index (χ3v) is 4.42. The molecule has 116 valence electrons. The monoisotopic (exact) mass is 330 g/mol. The highest BCUT2D eigenvalue weighted by Gasteiger charge is 2.04. The molecule has 0 amide bonds. The molecule has 2 heterocycles. The number of aromatic nitrogens is 2. The molecule has 0 aliphatic carbocycles. The number of rotatable bonds is 4. The summed E-state index contributed by atoms with van der Waals surface area (Å²) < 4.78 is 1.16. The van der Waals surface area contributed by atoms with Crippen molar-refractivity contribution in [2.45, 2.75) is 0 Å². The van der Waals surface area contributed by atoms with Gasteiger partial charge in [0.05, 0.1) is 16.4 Å². The number of para-hydroxylation sites is 2. The molecule has 0 fully saturated rings. The summed E-state index contributed by atoms with van der Waals surface area (Å²) in [5, 5.41) is 4.17. The van der Waals surface area contributed by atoms with E-state index in [4.69, 9.17) is 0 Å². The zero-order chi connectivity index (χ0) is 16.2.